The first kappa shape index (κ1) is 47.9. The van der Waals surface area contributed by atoms with Crippen LogP contribution in [0.1, 0.15) is 65.4 Å². The molecule has 1 saturated heterocycles. The average Bonchev–Trinajstić information content (AvgIpc) is 3.51. The predicted molar refractivity (Wildman–Crippen MR) is 207 cm³/mol. The van der Waals surface area contributed by atoms with Crippen LogP contribution in [0.5, 0.6) is 5.75 Å². The Bertz CT molecular complexity index is 1740. The lowest BCUT2D eigenvalue weighted by Gasteiger charge is -2.26. The number of benzene rings is 1. The van der Waals surface area contributed by atoms with Gasteiger partial charge in [0, 0.05) is 32.4 Å². The number of rotatable bonds is 22. The number of primary amides is 1. The van der Waals surface area contributed by atoms with Crippen LogP contribution in [0, 0.1) is 0 Å². The summed E-state index contributed by atoms with van der Waals surface area (Å²) in [5.74, 6) is -7.24. The fourth-order valence-electron chi connectivity index (χ4n) is 5.70. The minimum absolute atomic E-state index is 0.0521. The standard InChI is InChI=1S/C36H55N11O11/c1-17(2)28(34(57)43-24(11-12-27(51)52)32(55)42-21-15-26(50)47(16-21)18(3)30(38)53)45-35(58)29(19(4)48)46-33(56)25(14-20-7-9-22(49)10-8-20)44-31(54)23(37)6-5-13-41-36(39)40/h7-10,18-19,21,23-25,29,48-49H,5-6,11-16,37H2,1-4H3,(H2,38,53)(H,42,55)(H,43,57)(H,44,54)(H,45,58)(H,46,56)(H,51,52)(H4,39,40,41)/t18-,19-,21+,23-,24-,25-,29-/m1/s1. The van der Waals surface area contributed by atoms with Crippen LogP contribution in [0.25, 0.3) is 0 Å². The Morgan fingerprint density at radius 1 is 0.897 bits per heavy atom. The number of aromatic hydroxyl groups is 1. The summed E-state index contributed by atoms with van der Waals surface area (Å²) < 4.78 is 0. The van der Waals surface area contributed by atoms with Gasteiger partial charge in [-0.05, 0) is 70.2 Å². The summed E-state index contributed by atoms with van der Waals surface area (Å²) in [7, 11) is 0. The zero-order valence-corrected chi connectivity index (χ0v) is 32.8. The maximum atomic E-state index is 13.7. The van der Waals surface area contributed by atoms with E-state index in [-0.39, 0.29) is 56.1 Å². The van der Waals surface area contributed by atoms with Gasteiger partial charge in [-0.15, -0.1) is 0 Å². The molecule has 1 aromatic carbocycles. The lowest BCUT2D eigenvalue weighted by Crippen LogP contribution is -2.59. The summed E-state index contributed by atoms with van der Waals surface area (Å²) >= 11 is 0. The fraction of sp³-hybridized carbons (Fsp3) is 0.528. The van der Waals surface area contributed by atoms with Gasteiger partial charge in [0.1, 0.15) is 35.6 Å². The number of hydrogen-bond donors (Lipinski definition) is 12. The lowest BCUT2D eigenvalue weighted by atomic mass is 10.0. The van der Waals surface area contributed by atoms with E-state index >= 15 is 0 Å². The monoisotopic (exact) mass is 817 g/mol. The van der Waals surface area contributed by atoms with E-state index in [4.69, 9.17) is 22.9 Å². The second kappa shape index (κ2) is 22.5. The Morgan fingerprint density at radius 3 is 2.09 bits per heavy atom. The molecule has 16 N–H and O–H groups in total. The fourth-order valence-corrected chi connectivity index (χ4v) is 5.70. The Balaban J connectivity index is 2.25. The topological polar surface area (TPSA) is 377 Å². The van der Waals surface area contributed by atoms with Crippen LogP contribution in [0.2, 0.25) is 0 Å². The van der Waals surface area contributed by atoms with Gasteiger partial charge in [-0.1, -0.05) is 12.1 Å². The zero-order chi connectivity index (χ0) is 43.9. The van der Waals surface area contributed by atoms with Crippen LogP contribution < -0.4 is 49.5 Å². The second-order valence-corrected chi connectivity index (χ2v) is 14.1. The molecule has 22 heteroatoms. The third kappa shape index (κ3) is 15.3. The molecule has 0 aliphatic carbocycles. The number of aliphatic hydroxyl groups excluding tert-OH is 1. The molecular weight excluding hydrogens is 762 g/mol. The van der Waals surface area contributed by atoms with Gasteiger partial charge in [0.25, 0.3) is 5.91 Å². The number of carboxylic acid groups (broad SMARTS) is 1. The number of likely N-dealkylation sites (tertiary alicyclic amines) is 1. The lowest BCUT2D eigenvalue weighted by molar-refractivity contribution is -0.138. The summed E-state index contributed by atoms with van der Waals surface area (Å²) in [4.78, 5) is 108. The Hall–Kier alpha value is -6.29. The van der Waals surface area contributed by atoms with Crippen molar-refractivity contribution in [3.63, 3.8) is 0 Å². The molecular formula is C36H55N11O11. The molecule has 0 unspecified atom stereocenters. The van der Waals surface area contributed by atoms with Gasteiger partial charge in [-0.2, -0.15) is 0 Å². The van der Waals surface area contributed by atoms with Crippen LogP contribution >= 0.6 is 0 Å². The zero-order valence-electron chi connectivity index (χ0n) is 32.8. The molecule has 2 rings (SSSR count). The quantitative estimate of drug-likeness (QED) is 0.0230. The molecule has 22 nitrogen and oxygen atoms in total. The summed E-state index contributed by atoms with van der Waals surface area (Å²) in [5.41, 5.74) is 22.3. The van der Waals surface area contributed by atoms with Crippen LogP contribution in [0.4, 0.5) is 0 Å². The molecule has 7 amide bonds. The van der Waals surface area contributed by atoms with Gasteiger partial charge >= 0.3 is 5.97 Å². The largest absolute Gasteiger partial charge is 0.508 e. The first-order valence-electron chi connectivity index (χ1n) is 18.4. The average molecular weight is 818 g/mol. The third-order valence-electron chi connectivity index (χ3n) is 9.00. The third-order valence-corrected chi connectivity index (χ3v) is 9.00. The number of nitrogens with zero attached hydrogens (tertiary/aromatic N) is 2. The summed E-state index contributed by atoms with van der Waals surface area (Å²) in [6, 6.07) is -1.61. The molecule has 0 saturated carbocycles. The highest BCUT2D eigenvalue weighted by Gasteiger charge is 2.37. The number of nitrogens with two attached hydrogens (primary N) is 4. The van der Waals surface area contributed by atoms with E-state index in [1.165, 1.54) is 56.9 Å². The molecule has 1 aromatic rings. The van der Waals surface area contributed by atoms with Crippen molar-refractivity contribution in [3.8, 4) is 5.75 Å². The number of aliphatic imine (C=N–C) groups is 1. The number of phenolic OH excluding ortho intramolecular Hbond substituents is 1. The Labute approximate surface area is 334 Å². The summed E-state index contributed by atoms with van der Waals surface area (Å²) in [6.45, 7) is 5.64. The molecule has 7 atom stereocenters. The molecule has 1 fully saturated rings. The van der Waals surface area contributed by atoms with E-state index in [0.717, 1.165) is 0 Å². The van der Waals surface area contributed by atoms with Crippen molar-refractivity contribution in [1.29, 1.82) is 0 Å². The van der Waals surface area contributed by atoms with Crippen molar-refractivity contribution in [1.82, 2.24) is 31.5 Å². The molecule has 0 bridgehead atoms. The molecule has 1 aliphatic heterocycles. The normalized spacial score (nSPS) is 16.6. The SMILES string of the molecule is CC(C)=C(NC(=O)[C@H](NC(=O)[C@@H](Cc1ccc(O)cc1)NC(=O)[C@H](N)CCCN=C(N)N)[C@@H](C)O)C(=O)N[C@H](CCC(=O)O)C(=O)N[C@H]1CC(=O)N([C@H](C)C(N)=O)C1. The number of carbonyl (C=O) groups excluding carboxylic acids is 7. The Morgan fingerprint density at radius 2 is 1.53 bits per heavy atom. The molecule has 0 aromatic heterocycles. The highest BCUT2D eigenvalue weighted by molar-refractivity contribution is 6.02. The predicted octanol–water partition coefficient (Wildman–Crippen LogP) is -3.98. The number of phenols is 1. The molecule has 320 valence electrons. The number of guanidine groups is 1. The number of hydrogen-bond acceptors (Lipinski definition) is 12. The number of nitrogens with one attached hydrogen (secondary N) is 5. The number of allylic oxidation sites excluding steroid dienone is 1. The van der Waals surface area contributed by atoms with Crippen molar-refractivity contribution in [2.75, 3.05) is 13.1 Å². The smallest absolute Gasteiger partial charge is 0.303 e. The van der Waals surface area contributed by atoms with Gasteiger partial charge in [0.2, 0.25) is 35.4 Å². The number of aliphatic carboxylic acids is 1. The first-order valence-corrected chi connectivity index (χ1v) is 18.4. The van der Waals surface area contributed by atoms with Crippen molar-refractivity contribution < 1.29 is 53.7 Å². The molecule has 0 radical (unpaired) electrons. The van der Waals surface area contributed by atoms with Crippen LogP contribution in [0.3, 0.4) is 0 Å². The minimum atomic E-state index is -1.71. The van der Waals surface area contributed by atoms with Crippen LogP contribution in [-0.2, 0) is 44.8 Å². The molecule has 0 spiro atoms. The number of carbonyl (C=O) groups is 8. The van der Waals surface area contributed by atoms with E-state index in [1.54, 1.807) is 0 Å². The molecule has 58 heavy (non-hydrogen) atoms. The van der Waals surface area contributed by atoms with Gasteiger partial charge < -0.3 is 69.7 Å². The van der Waals surface area contributed by atoms with Gasteiger partial charge in [0.15, 0.2) is 5.96 Å². The van der Waals surface area contributed by atoms with Crippen molar-refractivity contribution >= 4 is 53.3 Å². The van der Waals surface area contributed by atoms with Gasteiger partial charge in [-0.25, -0.2) is 0 Å². The van der Waals surface area contributed by atoms with Crippen molar-refractivity contribution in [3.05, 3.63) is 41.1 Å². The van der Waals surface area contributed by atoms with Crippen molar-refractivity contribution in [2.24, 2.45) is 27.9 Å². The maximum Gasteiger partial charge on any atom is 0.303 e. The van der Waals surface area contributed by atoms with E-state index < -0.39 is 102 Å². The van der Waals surface area contributed by atoms with E-state index in [1.807, 2.05) is 0 Å². The molecule has 1 aliphatic rings. The van der Waals surface area contributed by atoms with Gasteiger partial charge in [-0.3, -0.25) is 43.3 Å². The van der Waals surface area contributed by atoms with E-state index in [0.29, 0.717) is 12.0 Å². The highest BCUT2D eigenvalue weighted by atomic mass is 16.4. The maximum absolute atomic E-state index is 13.7. The van der Waals surface area contributed by atoms with Crippen molar-refractivity contribution in [2.45, 2.75) is 109 Å². The minimum Gasteiger partial charge on any atom is -0.508 e. The Kier molecular flexibility index (Phi) is 18.5. The van der Waals surface area contributed by atoms with Crippen LogP contribution in [0.15, 0.2) is 40.5 Å². The van der Waals surface area contributed by atoms with E-state index in [9.17, 15) is 53.7 Å². The summed E-state index contributed by atoms with van der Waals surface area (Å²) in [6.07, 6.45) is -2.33. The summed E-state index contributed by atoms with van der Waals surface area (Å²) in [5, 5.41) is 41.9. The van der Waals surface area contributed by atoms with Gasteiger partial charge in [0.05, 0.1) is 18.2 Å². The first-order chi connectivity index (χ1) is 27.1. The van der Waals surface area contributed by atoms with Crippen LogP contribution in [-0.4, -0.2) is 129 Å². The number of amides is 7. The molecule has 1 heterocycles. The number of aliphatic hydroxyl groups is 1. The van der Waals surface area contributed by atoms with E-state index in [2.05, 4.69) is 31.6 Å². The highest BCUT2D eigenvalue weighted by Crippen LogP contribution is 2.16. The second-order valence-electron chi connectivity index (χ2n) is 14.1. The number of carboxylic acids is 1.